The summed E-state index contributed by atoms with van der Waals surface area (Å²) in [5.41, 5.74) is 0.851. The maximum Gasteiger partial charge on any atom is 0.247 e. The number of hydrogen-bond acceptors (Lipinski definition) is 5. The zero-order valence-electron chi connectivity index (χ0n) is 23.3. The largest absolute Gasteiger partial charge is 0.339 e. The third-order valence-corrected chi connectivity index (χ3v) is 7.83. The molecule has 0 bridgehead atoms. The Balaban J connectivity index is 1.56. The summed E-state index contributed by atoms with van der Waals surface area (Å²) >= 11 is 0. The van der Waals surface area contributed by atoms with Crippen molar-refractivity contribution in [2.45, 2.75) is 64.8 Å². The first-order valence-corrected chi connectivity index (χ1v) is 14.0. The van der Waals surface area contributed by atoms with Gasteiger partial charge >= 0.3 is 0 Å². The Morgan fingerprint density at radius 2 is 1.50 bits per heavy atom. The van der Waals surface area contributed by atoms with Crippen LogP contribution < -0.4 is 10.2 Å². The van der Waals surface area contributed by atoms with E-state index in [1.54, 1.807) is 24.3 Å². The lowest BCUT2D eigenvalue weighted by atomic mass is 9.85. The number of Topliss-reactive ketones (excluding diaryl/α,β-unsaturated/α-hetero) is 1. The molecule has 1 spiro atoms. The van der Waals surface area contributed by atoms with E-state index in [4.69, 9.17) is 0 Å². The van der Waals surface area contributed by atoms with Crippen molar-refractivity contribution in [3.05, 3.63) is 66.2 Å². The van der Waals surface area contributed by atoms with Gasteiger partial charge in [-0.15, -0.1) is 0 Å². The van der Waals surface area contributed by atoms with Gasteiger partial charge < -0.3 is 10.2 Å². The molecule has 2 aliphatic heterocycles. The summed E-state index contributed by atoms with van der Waals surface area (Å²) in [6.45, 7) is 12.2. The number of ketones is 1. The normalized spacial score (nSPS) is 19.4. The third-order valence-electron chi connectivity index (χ3n) is 7.83. The van der Waals surface area contributed by atoms with Crippen molar-refractivity contribution in [2.75, 3.05) is 37.7 Å². The second-order valence-electron chi connectivity index (χ2n) is 11.7. The van der Waals surface area contributed by atoms with Crippen molar-refractivity contribution in [3.8, 4) is 0 Å². The first-order valence-electron chi connectivity index (χ1n) is 14.0. The fourth-order valence-electron chi connectivity index (χ4n) is 6.09. The number of benzene rings is 2. The number of anilines is 1. The molecule has 0 aromatic heterocycles. The number of carbonyl (C=O) groups excluding carboxylic acids is 2. The molecule has 2 fully saturated rings. The number of likely N-dealkylation sites (tertiary alicyclic amines) is 1. The average Bonchev–Trinajstić information content (AvgIpc) is 3.22. The van der Waals surface area contributed by atoms with Gasteiger partial charge in [0.25, 0.3) is 0 Å². The maximum atomic E-state index is 15.7. The van der Waals surface area contributed by atoms with Gasteiger partial charge in [-0.2, -0.15) is 0 Å². The molecule has 0 radical (unpaired) electrons. The highest BCUT2D eigenvalue weighted by molar-refractivity contribution is 5.99. The van der Waals surface area contributed by atoms with E-state index >= 15 is 4.39 Å². The van der Waals surface area contributed by atoms with E-state index in [2.05, 4.69) is 47.7 Å². The molecule has 1 amide bonds. The highest BCUT2D eigenvalue weighted by Crippen LogP contribution is 2.37. The van der Waals surface area contributed by atoms with Crippen LogP contribution in [0.4, 0.5) is 10.1 Å². The van der Waals surface area contributed by atoms with E-state index < -0.39 is 17.5 Å². The molecule has 2 atom stereocenters. The summed E-state index contributed by atoms with van der Waals surface area (Å²) in [4.78, 5) is 33.1. The van der Waals surface area contributed by atoms with Gasteiger partial charge in [-0.1, -0.05) is 76.2 Å². The minimum Gasteiger partial charge on any atom is -0.339 e. The summed E-state index contributed by atoms with van der Waals surface area (Å²) in [7, 11) is 0. The molecular weight excluding hydrogens is 479 g/mol. The Morgan fingerprint density at radius 1 is 0.947 bits per heavy atom. The minimum atomic E-state index is -1.59. The first kappa shape index (κ1) is 28.2. The summed E-state index contributed by atoms with van der Waals surface area (Å²) in [5.74, 6) is 0.429. The Hall–Kier alpha value is -2.77. The van der Waals surface area contributed by atoms with Gasteiger partial charge in [-0.05, 0) is 36.8 Å². The average molecular weight is 523 g/mol. The minimum absolute atomic E-state index is 0.0707. The molecule has 2 aliphatic rings. The summed E-state index contributed by atoms with van der Waals surface area (Å²) in [5, 5.41) is 3.07. The molecule has 4 rings (SSSR count). The van der Waals surface area contributed by atoms with E-state index in [0.717, 1.165) is 18.8 Å². The quantitative estimate of drug-likeness (QED) is 0.423. The van der Waals surface area contributed by atoms with Crippen LogP contribution >= 0.6 is 0 Å². The molecule has 206 valence electrons. The lowest BCUT2D eigenvalue weighted by Gasteiger charge is -2.48. The third kappa shape index (κ3) is 6.26. The molecule has 0 saturated carbocycles. The zero-order chi connectivity index (χ0) is 27.3. The van der Waals surface area contributed by atoms with Crippen LogP contribution in [0.2, 0.25) is 0 Å². The number of alkyl halides is 1. The van der Waals surface area contributed by atoms with Crippen molar-refractivity contribution >= 4 is 17.4 Å². The number of hydrogen-bond donors (Lipinski definition) is 1. The van der Waals surface area contributed by atoms with E-state index in [0.29, 0.717) is 50.0 Å². The van der Waals surface area contributed by atoms with E-state index in [-0.39, 0.29) is 18.5 Å². The maximum absolute atomic E-state index is 15.7. The topological polar surface area (TPSA) is 55.9 Å². The van der Waals surface area contributed by atoms with Crippen LogP contribution in [0.25, 0.3) is 0 Å². The van der Waals surface area contributed by atoms with Gasteiger partial charge in [0.15, 0.2) is 12.0 Å². The molecule has 0 aliphatic carbocycles. The van der Waals surface area contributed by atoms with Crippen LogP contribution in [0.5, 0.6) is 0 Å². The fraction of sp³-hybridized carbons (Fsp3) is 0.548. The second-order valence-corrected chi connectivity index (χ2v) is 11.7. The Kier molecular flexibility index (Phi) is 9.21. The number of piperidine rings is 1. The lowest BCUT2D eigenvalue weighted by molar-refractivity contribution is -0.126. The molecule has 2 aromatic rings. The van der Waals surface area contributed by atoms with Crippen molar-refractivity contribution < 1.29 is 14.0 Å². The van der Waals surface area contributed by atoms with Crippen LogP contribution in [-0.2, 0) is 4.79 Å². The summed E-state index contributed by atoms with van der Waals surface area (Å²) < 4.78 is 15.7. The number of para-hydroxylation sites is 1. The van der Waals surface area contributed by atoms with Gasteiger partial charge in [0.1, 0.15) is 5.54 Å². The molecule has 2 heterocycles. The van der Waals surface area contributed by atoms with Crippen molar-refractivity contribution in [1.82, 2.24) is 15.1 Å². The summed E-state index contributed by atoms with van der Waals surface area (Å²) in [6.07, 6.45) is -0.365. The molecule has 38 heavy (non-hydrogen) atoms. The predicted molar refractivity (Wildman–Crippen MR) is 151 cm³/mol. The second kappa shape index (κ2) is 12.4. The standard InChI is InChI=1S/C31H43FN4O2/c1-23(2)20-35(21-24(3)4)28(19-27(32)29(37)25-11-7-5-8-12-25)34-17-15-31(16-18-34)30(38)33-22-36(31)26-13-9-6-10-14-26/h5-14,23-24,27-28H,15-22H2,1-4H3,(H,33,38). The SMILES string of the molecule is CC(C)CN(CC(C)C)C(CC(F)C(=O)c1ccccc1)N1CCC2(CC1)C(=O)NCN2c1ccccc1. The molecule has 6 nitrogen and oxygen atoms in total. The first-order chi connectivity index (χ1) is 18.2. The Morgan fingerprint density at radius 3 is 2.05 bits per heavy atom. The smallest absolute Gasteiger partial charge is 0.247 e. The Labute approximate surface area is 227 Å². The van der Waals surface area contributed by atoms with Crippen LogP contribution in [0.3, 0.4) is 0 Å². The van der Waals surface area contributed by atoms with E-state index in [9.17, 15) is 9.59 Å². The predicted octanol–water partition coefficient (Wildman–Crippen LogP) is 4.97. The number of amides is 1. The monoisotopic (exact) mass is 522 g/mol. The van der Waals surface area contributed by atoms with Gasteiger partial charge in [-0.25, -0.2) is 4.39 Å². The van der Waals surface area contributed by atoms with Gasteiger partial charge in [0, 0.05) is 43.9 Å². The number of nitrogens with zero attached hydrogens (tertiary/aromatic N) is 3. The van der Waals surface area contributed by atoms with Crippen LogP contribution in [-0.4, -0.2) is 72.2 Å². The molecule has 2 aromatic carbocycles. The van der Waals surface area contributed by atoms with Gasteiger partial charge in [-0.3, -0.25) is 19.4 Å². The van der Waals surface area contributed by atoms with E-state index in [1.165, 1.54) is 0 Å². The molecular formula is C31H43FN4O2. The van der Waals surface area contributed by atoms with Gasteiger partial charge in [0.05, 0.1) is 12.8 Å². The van der Waals surface area contributed by atoms with Crippen LogP contribution in [0.1, 0.15) is 57.3 Å². The molecule has 1 N–H and O–H groups in total. The zero-order valence-corrected chi connectivity index (χ0v) is 23.3. The molecule has 7 heteroatoms. The van der Waals surface area contributed by atoms with E-state index in [1.807, 2.05) is 36.4 Å². The Bertz CT molecular complexity index is 1040. The highest BCUT2D eigenvalue weighted by Gasteiger charge is 2.51. The van der Waals surface area contributed by atoms with Crippen molar-refractivity contribution in [2.24, 2.45) is 11.8 Å². The van der Waals surface area contributed by atoms with Crippen molar-refractivity contribution in [3.63, 3.8) is 0 Å². The number of carbonyl (C=O) groups is 2. The highest BCUT2D eigenvalue weighted by atomic mass is 19.1. The van der Waals surface area contributed by atoms with Crippen LogP contribution in [0, 0.1) is 11.8 Å². The summed E-state index contributed by atoms with van der Waals surface area (Å²) in [6, 6.07) is 18.8. The molecule has 2 saturated heterocycles. The number of halogens is 1. The number of rotatable bonds is 11. The van der Waals surface area contributed by atoms with Gasteiger partial charge in [0.2, 0.25) is 5.91 Å². The number of nitrogens with one attached hydrogen (secondary N) is 1. The van der Waals surface area contributed by atoms with Crippen molar-refractivity contribution in [1.29, 1.82) is 0 Å². The lowest BCUT2D eigenvalue weighted by Crippen LogP contribution is -2.61. The molecule has 2 unspecified atom stereocenters. The van der Waals surface area contributed by atoms with Crippen LogP contribution in [0.15, 0.2) is 60.7 Å². The fourth-order valence-corrected chi connectivity index (χ4v) is 6.09.